The number of likely N-dealkylation sites (N-methyl/N-ethyl adjacent to an activating group) is 1. The van der Waals surface area contributed by atoms with Crippen LogP contribution in [0.3, 0.4) is 0 Å². The highest BCUT2D eigenvalue weighted by Gasteiger charge is 2.22. The Labute approximate surface area is 268 Å². The third-order valence-corrected chi connectivity index (χ3v) is 8.54. The number of pyridine rings is 1. The van der Waals surface area contributed by atoms with Crippen LogP contribution in [-0.2, 0) is 27.7 Å². The molecule has 1 aliphatic rings. The lowest BCUT2D eigenvalue weighted by Gasteiger charge is -2.25. The molecule has 1 aromatic carbocycles. The third kappa shape index (κ3) is 7.36. The summed E-state index contributed by atoms with van der Waals surface area (Å²) in [5, 5.41) is 10.0. The van der Waals surface area contributed by atoms with Gasteiger partial charge in [0.1, 0.15) is 11.6 Å². The average Bonchev–Trinajstić information content (AvgIpc) is 3.54. The number of rotatable bonds is 12. The molecule has 0 saturated carbocycles. The van der Waals surface area contributed by atoms with Crippen molar-refractivity contribution in [2.45, 2.75) is 31.9 Å². The van der Waals surface area contributed by atoms with Crippen LogP contribution >= 0.6 is 34.2 Å². The molecular weight excluding hydrogens is 688 g/mol. The number of halogens is 3. The highest BCUT2D eigenvalue weighted by Crippen LogP contribution is 2.33. The fraction of sp³-hybridized carbons (Fsp3) is 0.400. The number of fused-ring (bicyclic) bond motifs is 1. The molecule has 0 aliphatic carbocycles. The molecule has 0 radical (unpaired) electrons. The number of carbonyl (C=O) groups is 1. The Morgan fingerprint density at radius 1 is 1.28 bits per heavy atom. The van der Waals surface area contributed by atoms with Crippen LogP contribution in [0.1, 0.15) is 36.9 Å². The Balaban J connectivity index is 1.28. The van der Waals surface area contributed by atoms with Crippen molar-refractivity contribution in [3.63, 3.8) is 0 Å². The van der Waals surface area contributed by atoms with Gasteiger partial charge in [0, 0.05) is 51.1 Å². The van der Waals surface area contributed by atoms with Gasteiger partial charge in [0.25, 0.3) is 0 Å². The Bertz CT molecular complexity index is 1600. The van der Waals surface area contributed by atoms with Crippen LogP contribution in [0, 0.1) is 9.39 Å². The number of amides is 1. The van der Waals surface area contributed by atoms with E-state index in [9.17, 15) is 9.18 Å². The predicted octanol–water partition coefficient (Wildman–Crippen LogP) is 5.76. The summed E-state index contributed by atoms with van der Waals surface area (Å²) < 4.78 is 30.5. The summed E-state index contributed by atoms with van der Waals surface area (Å²) >= 11 is 8.34. The van der Waals surface area contributed by atoms with E-state index in [0.29, 0.717) is 44.4 Å². The van der Waals surface area contributed by atoms with E-state index in [2.05, 4.69) is 34.3 Å². The molecule has 5 rings (SSSR count). The van der Waals surface area contributed by atoms with Crippen molar-refractivity contribution >= 4 is 68.6 Å². The highest BCUT2D eigenvalue weighted by atomic mass is 127. The first-order valence-corrected chi connectivity index (χ1v) is 15.6. The van der Waals surface area contributed by atoms with Gasteiger partial charge in [0.2, 0.25) is 5.91 Å². The zero-order valence-electron chi connectivity index (χ0n) is 24.2. The number of hydrogen-bond acceptors (Lipinski definition) is 7. The lowest BCUT2D eigenvalue weighted by Crippen LogP contribution is -2.32. The lowest BCUT2D eigenvalue weighted by molar-refractivity contribution is -0.129. The molecule has 1 aliphatic heterocycles. The molecule has 0 spiro atoms. The minimum atomic E-state index is -0.499. The molecule has 13 heteroatoms. The number of aromatic nitrogens is 5. The smallest absolute Gasteiger partial charge is 0.228 e. The zero-order chi connectivity index (χ0) is 30.5. The number of ether oxygens (including phenoxy) is 2. The number of anilines is 2. The third-order valence-electron chi connectivity index (χ3n) is 7.35. The second-order valence-corrected chi connectivity index (χ2v) is 11.9. The van der Waals surface area contributed by atoms with E-state index in [0.717, 1.165) is 45.1 Å². The quantitative estimate of drug-likeness (QED) is 0.136. The zero-order valence-corrected chi connectivity index (χ0v) is 27.1. The fourth-order valence-electron chi connectivity index (χ4n) is 5.00. The molecule has 1 atom stereocenters. The van der Waals surface area contributed by atoms with Gasteiger partial charge >= 0.3 is 0 Å². The monoisotopic (exact) mass is 721 g/mol. The summed E-state index contributed by atoms with van der Waals surface area (Å²) in [6, 6.07) is 6.51. The second-order valence-electron chi connectivity index (χ2n) is 10.4. The van der Waals surface area contributed by atoms with Gasteiger partial charge in [-0.1, -0.05) is 18.2 Å². The Morgan fingerprint density at radius 3 is 2.79 bits per heavy atom. The summed E-state index contributed by atoms with van der Waals surface area (Å²) in [6.45, 7) is 6.18. The maximum absolute atomic E-state index is 14.0. The standard InChI is InChI=1S/C30H34ClFIN7O3/c1-4-25-21-16-28(34-18-27(21)40(36-25)30-7-5-6-12-43-30)39(20-8-9-23(32)22(31)15-20)11-14-42-13-10-37(2)29(41)17-26-24(33)19-38(3)35-26/h4,8-9,15-16,18-19,30H,1,5-7,10-14,17H2,2-3H3. The van der Waals surface area contributed by atoms with Crippen LogP contribution < -0.4 is 4.90 Å². The van der Waals surface area contributed by atoms with Crippen LogP contribution in [0.25, 0.3) is 17.0 Å². The van der Waals surface area contributed by atoms with Gasteiger partial charge in [-0.3, -0.25) is 9.48 Å². The van der Waals surface area contributed by atoms with E-state index in [4.69, 9.17) is 31.2 Å². The van der Waals surface area contributed by atoms with Gasteiger partial charge in [0.05, 0.1) is 51.3 Å². The van der Waals surface area contributed by atoms with Gasteiger partial charge in [-0.25, -0.2) is 14.1 Å². The van der Waals surface area contributed by atoms with Gasteiger partial charge in [-0.15, -0.1) is 0 Å². The van der Waals surface area contributed by atoms with Crippen molar-refractivity contribution in [1.82, 2.24) is 29.4 Å². The molecule has 228 valence electrons. The van der Waals surface area contributed by atoms with Crippen LogP contribution in [0.5, 0.6) is 0 Å². The Morgan fingerprint density at radius 2 is 2.09 bits per heavy atom. The number of benzene rings is 1. The first kappa shape index (κ1) is 31.4. The topological polar surface area (TPSA) is 90.5 Å². The minimum absolute atomic E-state index is 0.0150. The molecule has 1 saturated heterocycles. The Hall–Kier alpha value is -3.07. The fourth-order valence-corrected chi connectivity index (χ4v) is 5.88. The van der Waals surface area contributed by atoms with Crippen molar-refractivity contribution < 1.29 is 18.7 Å². The van der Waals surface area contributed by atoms with Crippen molar-refractivity contribution in [3.05, 3.63) is 69.0 Å². The van der Waals surface area contributed by atoms with Gasteiger partial charge in [-0.05, 0) is 72.2 Å². The molecule has 10 nitrogen and oxygen atoms in total. The molecule has 1 unspecified atom stereocenters. The van der Waals surface area contributed by atoms with Crippen molar-refractivity contribution in [1.29, 1.82) is 0 Å². The van der Waals surface area contributed by atoms with Crippen molar-refractivity contribution in [2.24, 2.45) is 7.05 Å². The van der Waals surface area contributed by atoms with Crippen molar-refractivity contribution in [3.8, 4) is 0 Å². The van der Waals surface area contributed by atoms with Gasteiger partial charge < -0.3 is 19.3 Å². The largest absolute Gasteiger partial charge is 0.378 e. The van der Waals surface area contributed by atoms with E-state index < -0.39 is 5.82 Å². The summed E-state index contributed by atoms with van der Waals surface area (Å²) in [5.41, 5.74) is 3.01. The molecule has 4 heterocycles. The summed E-state index contributed by atoms with van der Waals surface area (Å²) in [5.74, 6) is 0.0987. The maximum Gasteiger partial charge on any atom is 0.228 e. The Kier molecular flexibility index (Phi) is 10.3. The molecule has 43 heavy (non-hydrogen) atoms. The average molecular weight is 722 g/mol. The minimum Gasteiger partial charge on any atom is -0.378 e. The van der Waals surface area contributed by atoms with Crippen LogP contribution in [0.2, 0.25) is 5.02 Å². The summed E-state index contributed by atoms with van der Waals surface area (Å²) in [7, 11) is 3.59. The second kappa shape index (κ2) is 14.1. The summed E-state index contributed by atoms with van der Waals surface area (Å²) in [4.78, 5) is 21.0. The molecule has 0 bridgehead atoms. The van der Waals surface area contributed by atoms with E-state index >= 15 is 0 Å². The molecule has 0 N–H and O–H groups in total. The number of carbonyl (C=O) groups excluding carboxylic acids is 1. The normalized spacial score (nSPS) is 15.1. The molecule has 1 fully saturated rings. The van der Waals surface area contributed by atoms with Crippen LogP contribution in [-0.4, -0.2) is 75.3 Å². The molecular formula is C30H34ClFIN7O3. The van der Waals surface area contributed by atoms with E-state index in [1.54, 1.807) is 41.0 Å². The van der Waals surface area contributed by atoms with Crippen LogP contribution in [0.15, 0.2) is 43.2 Å². The molecule has 1 amide bonds. The van der Waals surface area contributed by atoms with Crippen molar-refractivity contribution in [2.75, 3.05) is 44.9 Å². The predicted molar refractivity (Wildman–Crippen MR) is 173 cm³/mol. The van der Waals surface area contributed by atoms with Crippen LogP contribution in [0.4, 0.5) is 15.9 Å². The SMILES string of the molecule is C=Cc1nn(C2CCCCO2)c2cnc(N(CCOCCN(C)C(=O)Cc3nn(C)cc3I)c3ccc(F)c(Cl)c3)cc12. The molecule has 3 aromatic heterocycles. The van der Waals surface area contributed by atoms with E-state index in [-0.39, 0.29) is 23.6 Å². The van der Waals surface area contributed by atoms with Gasteiger partial charge in [0.15, 0.2) is 6.23 Å². The number of aryl methyl sites for hydroxylation is 1. The number of hydrogen-bond donors (Lipinski definition) is 0. The molecule has 4 aromatic rings. The lowest BCUT2D eigenvalue weighted by atomic mass is 10.2. The maximum atomic E-state index is 14.0. The van der Waals surface area contributed by atoms with E-state index in [1.165, 1.54) is 6.07 Å². The number of nitrogens with zero attached hydrogens (tertiary/aromatic N) is 7. The van der Waals surface area contributed by atoms with E-state index in [1.807, 2.05) is 28.9 Å². The first-order valence-electron chi connectivity index (χ1n) is 14.1. The first-order chi connectivity index (χ1) is 20.7. The van der Waals surface area contributed by atoms with Gasteiger partial charge in [-0.2, -0.15) is 10.2 Å². The summed E-state index contributed by atoms with van der Waals surface area (Å²) in [6.07, 6.45) is 8.48. The highest BCUT2D eigenvalue weighted by molar-refractivity contribution is 14.1.